The fraction of sp³-hybridized carbons (Fsp3) is 0.571. The largest absolute Gasteiger partial charge is 0.313 e. The highest BCUT2D eigenvalue weighted by atomic mass is 32.2. The van der Waals surface area contributed by atoms with Crippen LogP contribution >= 0.6 is 0 Å². The fourth-order valence-electron chi connectivity index (χ4n) is 2.36. The van der Waals surface area contributed by atoms with Crippen LogP contribution in [0.1, 0.15) is 30.5 Å². The Kier molecular flexibility index (Phi) is 5.35. The van der Waals surface area contributed by atoms with Crippen molar-refractivity contribution in [2.24, 2.45) is 0 Å². The molecule has 1 heterocycles. The van der Waals surface area contributed by atoms with Crippen LogP contribution in [0.4, 0.5) is 0 Å². The lowest BCUT2D eigenvalue weighted by atomic mass is 9.99. The molecule has 0 radical (unpaired) electrons. The van der Waals surface area contributed by atoms with Crippen LogP contribution in [0.25, 0.3) is 0 Å². The van der Waals surface area contributed by atoms with Crippen LogP contribution in [0.15, 0.2) is 24.3 Å². The third kappa shape index (κ3) is 3.64. The molecule has 2 unspecified atom stereocenters. The summed E-state index contributed by atoms with van der Waals surface area (Å²) in [6.07, 6.45) is 1.09. The van der Waals surface area contributed by atoms with Crippen molar-refractivity contribution in [3.05, 3.63) is 35.4 Å². The van der Waals surface area contributed by atoms with Gasteiger partial charge in [0.15, 0.2) is 0 Å². The van der Waals surface area contributed by atoms with E-state index in [-0.39, 0.29) is 0 Å². The molecule has 4 heteroatoms. The molecule has 100 valence electrons. The van der Waals surface area contributed by atoms with E-state index in [2.05, 4.69) is 34.9 Å². The van der Waals surface area contributed by atoms with Crippen LogP contribution in [0.5, 0.6) is 0 Å². The highest BCUT2D eigenvalue weighted by Crippen LogP contribution is 2.23. The first-order valence-corrected chi connectivity index (χ1v) is 8.17. The number of benzene rings is 1. The van der Waals surface area contributed by atoms with Gasteiger partial charge in [0.05, 0.1) is 0 Å². The standard InChI is InChI=1S/C14H22N2OS/c1-2-18(17)10-9-16-14-7-8-15-11-12-5-3-4-6-13(12)14/h3-6,14-16H,2,7-11H2,1H3. The van der Waals surface area contributed by atoms with Crippen LogP contribution in [0.2, 0.25) is 0 Å². The van der Waals surface area contributed by atoms with Gasteiger partial charge < -0.3 is 10.6 Å². The molecule has 0 aromatic heterocycles. The van der Waals surface area contributed by atoms with Crippen molar-refractivity contribution in [1.82, 2.24) is 10.6 Å². The molecular weight excluding hydrogens is 244 g/mol. The van der Waals surface area contributed by atoms with Gasteiger partial charge in [-0.15, -0.1) is 0 Å². The molecule has 1 aromatic rings. The normalized spacial score (nSPS) is 21.1. The summed E-state index contributed by atoms with van der Waals surface area (Å²) >= 11 is 0. The minimum Gasteiger partial charge on any atom is -0.313 e. The van der Waals surface area contributed by atoms with Gasteiger partial charge in [-0.3, -0.25) is 4.21 Å². The molecule has 1 aliphatic heterocycles. The molecule has 1 aromatic carbocycles. The predicted molar refractivity (Wildman–Crippen MR) is 77.1 cm³/mol. The average molecular weight is 266 g/mol. The number of hydrogen-bond acceptors (Lipinski definition) is 3. The minimum atomic E-state index is -0.672. The van der Waals surface area contributed by atoms with Gasteiger partial charge in [0, 0.05) is 41.4 Å². The zero-order valence-corrected chi connectivity index (χ0v) is 11.8. The van der Waals surface area contributed by atoms with Crippen LogP contribution in [0.3, 0.4) is 0 Å². The zero-order valence-electron chi connectivity index (χ0n) is 10.9. The summed E-state index contributed by atoms with van der Waals surface area (Å²) in [4.78, 5) is 0. The summed E-state index contributed by atoms with van der Waals surface area (Å²) < 4.78 is 11.4. The topological polar surface area (TPSA) is 41.1 Å². The van der Waals surface area contributed by atoms with Crippen LogP contribution < -0.4 is 10.6 Å². The van der Waals surface area contributed by atoms with Gasteiger partial charge in [-0.25, -0.2) is 0 Å². The number of nitrogens with one attached hydrogen (secondary N) is 2. The zero-order chi connectivity index (χ0) is 12.8. The molecule has 1 aliphatic rings. The van der Waals surface area contributed by atoms with Crippen LogP contribution in [0, 0.1) is 0 Å². The molecule has 0 saturated carbocycles. The van der Waals surface area contributed by atoms with E-state index in [1.54, 1.807) is 0 Å². The van der Waals surface area contributed by atoms with Crippen molar-refractivity contribution in [1.29, 1.82) is 0 Å². The smallest absolute Gasteiger partial charge is 0.0360 e. The van der Waals surface area contributed by atoms with Crippen molar-refractivity contribution in [2.75, 3.05) is 24.6 Å². The molecular formula is C14H22N2OS. The summed E-state index contributed by atoms with van der Waals surface area (Å²) in [5.41, 5.74) is 2.77. The van der Waals surface area contributed by atoms with E-state index in [0.717, 1.165) is 37.6 Å². The number of fused-ring (bicyclic) bond motifs is 1. The van der Waals surface area contributed by atoms with Crippen molar-refractivity contribution >= 4 is 10.8 Å². The summed E-state index contributed by atoms with van der Waals surface area (Å²) in [5.74, 6) is 1.51. The average Bonchev–Trinajstić information content (AvgIpc) is 2.61. The van der Waals surface area contributed by atoms with E-state index in [9.17, 15) is 4.21 Å². The Hall–Kier alpha value is -0.710. The maximum atomic E-state index is 11.4. The summed E-state index contributed by atoms with van der Waals surface area (Å²) in [5, 5.41) is 6.99. The van der Waals surface area contributed by atoms with Crippen molar-refractivity contribution in [3.63, 3.8) is 0 Å². The van der Waals surface area contributed by atoms with Gasteiger partial charge in [0.2, 0.25) is 0 Å². The Morgan fingerprint density at radius 1 is 1.44 bits per heavy atom. The monoisotopic (exact) mass is 266 g/mol. The molecule has 0 bridgehead atoms. The maximum absolute atomic E-state index is 11.4. The summed E-state index contributed by atoms with van der Waals surface area (Å²) in [6.45, 7) is 4.79. The van der Waals surface area contributed by atoms with Gasteiger partial charge in [0.25, 0.3) is 0 Å². The van der Waals surface area contributed by atoms with Gasteiger partial charge in [-0.05, 0) is 24.1 Å². The molecule has 2 atom stereocenters. The molecule has 0 fully saturated rings. The number of hydrogen-bond donors (Lipinski definition) is 2. The van der Waals surface area contributed by atoms with E-state index in [4.69, 9.17) is 0 Å². The molecule has 2 rings (SSSR count). The lowest BCUT2D eigenvalue weighted by Crippen LogP contribution is -2.27. The van der Waals surface area contributed by atoms with E-state index in [1.807, 2.05) is 6.92 Å². The Morgan fingerprint density at radius 3 is 3.11 bits per heavy atom. The van der Waals surface area contributed by atoms with Gasteiger partial charge in [-0.1, -0.05) is 31.2 Å². The third-order valence-corrected chi connectivity index (χ3v) is 4.70. The van der Waals surface area contributed by atoms with Gasteiger partial charge in [-0.2, -0.15) is 0 Å². The van der Waals surface area contributed by atoms with Crippen LogP contribution in [-0.2, 0) is 17.3 Å². The van der Waals surface area contributed by atoms with E-state index >= 15 is 0 Å². The van der Waals surface area contributed by atoms with E-state index in [1.165, 1.54) is 11.1 Å². The molecule has 0 aliphatic carbocycles. The van der Waals surface area contributed by atoms with E-state index in [0.29, 0.717) is 6.04 Å². The predicted octanol–water partition coefficient (Wildman–Crippen LogP) is 1.58. The van der Waals surface area contributed by atoms with Gasteiger partial charge in [0.1, 0.15) is 0 Å². The van der Waals surface area contributed by atoms with E-state index < -0.39 is 10.8 Å². The second-order valence-corrected chi connectivity index (χ2v) is 6.47. The molecule has 3 nitrogen and oxygen atoms in total. The summed E-state index contributed by atoms with van der Waals surface area (Å²) in [7, 11) is -0.672. The van der Waals surface area contributed by atoms with Crippen molar-refractivity contribution in [3.8, 4) is 0 Å². The first-order valence-electron chi connectivity index (χ1n) is 6.68. The Labute approximate surface area is 112 Å². The highest BCUT2D eigenvalue weighted by molar-refractivity contribution is 7.84. The first kappa shape index (κ1) is 13.7. The number of rotatable bonds is 5. The molecule has 0 spiro atoms. The highest BCUT2D eigenvalue weighted by Gasteiger charge is 2.17. The lowest BCUT2D eigenvalue weighted by molar-refractivity contribution is 0.511. The molecule has 0 saturated heterocycles. The third-order valence-electron chi connectivity index (χ3n) is 3.40. The molecule has 2 N–H and O–H groups in total. The second kappa shape index (κ2) is 7.02. The van der Waals surface area contributed by atoms with Crippen molar-refractivity contribution in [2.45, 2.75) is 25.9 Å². The van der Waals surface area contributed by atoms with Crippen LogP contribution in [-0.4, -0.2) is 28.8 Å². The Bertz CT molecular complexity index is 409. The molecule has 18 heavy (non-hydrogen) atoms. The molecule has 0 amide bonds. The minimum absolute atomic E-state index is 0.394. The fourth-order valence-corrected chi connectivity index (χ4v) is 3.00. The second-order valence-electron chi connectivity index (χ2n) is 4.60. The Balaban J connectivity index is 1.97. The lowest BCUT2D eigenvalue weighted by Gasteiger charge is -2.18. The van der Waals surface area contributed by atoms with Crippen molar-refractivity contribution < 1.29 is 4.21 Å². The maximum Gasteiger partial charge on any atom is 0.0360 e. The SMILES string of the molecule is CCS(=O)CCNC1CCNCc2ccccc21. The Morgan fingerprint density at radius 2 is 2.28 bits per heavy atom. The van der Waals surface area contributed by atoms with Gasteiger partial charge >= 0.3 is 0 Å². The quantitative estimate of drug-likeness (QED) is 0.850. The summed E-state index contributed by atoms with van der Waals surface area (Å²) in [6, 6.07) is 8.98. The first-order chi connectivity index (χ1) is 8.81.